The molecule has 0 fully saturated rings. The van der Waals surface area contributed by atoms with Crippen molar-refractivity contribution in [3.8, 4) is 0 Å². The van der Waals surface area contributed by atoms with Crippen LogP contribution in [0.3, 0.4) is 0 Å². The van der Waals surface area contributed by atoms with Gasteiger partial charge in [0, 0.05) is 6.04 Å². The minimum Gasteiger partial charge on any atom is -0.323 e. The summed E-state index contributed by atoms with van der Waals surface area (Å²) in [5.74, 6) is 0. The van der Waals surface area contributed by atoms with Gasteiger partial charge in [0.1, 0.15) is 0 Å². The van der Waals surface area contributed by atoms with Crippen LogP contribution in [0.2, 0.25) is 0 Å². The second kappa shape index (κ2) is 2.80. The molecule has 11 heavy (non-hydrogen) atoms. The van der Waals surface area contributed by atoms with E-state index in [-0.39, 0.29) is 11.6 Å². The highest BCUT2D eigenvalue weighted by atomic mass is 14.8. The average Bonchev–Trinajstić information content (AvgIpc) is 1.95. The minimum atomic E-state index is -0.361. The molecule has 1 aliphatic rings. The Morgan fingerprint density at radius 2 is 2.27 bits per heavy atom. The molecule has 0 amide bonds. The lowest BCUT2D eigenvalue weighted by molar-refractivity contribution is 0.510. The van der Waals surface area contributed by atoms with E-state index in [0.717, 1.165) is 6.42 Å². The van der Waals surface area contributed by atoms with Gasteiger partial charge in [-0.05, 0) is 13.3 Å². The highest BCUT2D eigenvalue weighted by Crippen LogP contribution is 2.19. The Morgan fingerprint density at radius 1 is 1.64 bits per heavy atom. The van der Waals surface area contributed by atoms with Crippen molar-refractivity contribution in [2.24, 2.45) is 11.5 Å². The summed E-state index contributed by atoms with van der Waals surface area (Å²) in [7, 11) is 0. The molecular weight excluding hydrogens is 136 g/mol. The Morgan fingerprint density at radius 3 is 2.73 bits per heavy atom. The first-order valence-electron chi connectivity index (χ1n) is 4.00. The molecule has 0 aromatic rings. The second-order valence-electron chi connectivity index (χ2n) is 3.32. The van der Waals surface area contributed by atoms with E-state index in [0.29, 0.717) is 0 Å². The normalized spacial score (nSPS) is 37.1. The SMILES string of the molecule is CCC1=CC(C)(N)C(N)C=C1. The molecule has 1 aliphatic carbocycles. The van der Waals surface area contributed by atoms with Gasteiger partial charge in [-0.1, -0.05) is 30.7 Å². The van der Waals surface area contributed by atoms with Crippen LogP contribution in [0.25, 0.3) is 0 Å². The standard InChI is InChI=1S/C9H16N2/c1-3-7-4-5-8(10)9(2,11)6-7/h4-6,8H,3,10-11H2,1-2H3. The predicted octanol–water partition coefficient (Wildman–Crippen LogP) is 0.937. The van der Waals surface area contributed by atoms with Crippen LogP contribution in [-0.4, -0.2) is 11.6 Å². The second-order valence-corrected chi connectivity index (χ2v) is 3.32. The topological polar surface area (TPSA) is 52.0 Å². The Bertz CT molecular complexity index is 202. The quantitative estimate of drug-likeness (QED) is 0.587. The Kier molecular flexibility index (Phi) is 2.16. The molecule has 4 N–H and O–H groups in total. The number of hydrogen-bond acceptors (Lipinski definition) is 2. The summed E-state index contributed by atoms with van der Waals surface area (Å²) in [5, 5.41) is 0. The molecule has 2 atom stereocenters. The van der Waals surface area contributed by atoms with Crippen molar-refractivity contribution in [1.82, 2.24) is 0 Å². The summed E-state index contributed by atoms with van der Waals surface area (Å²) >= 11 is 0. The zero-order chi connectivity index (χ0) is 8.48. The van der Waals surface area contributed by atoms with Gasteiger partial charge >= 0.3 is 0 Å². The fourth-order valence-corrected chi connectivity index (χ4v) is 1.20. The lowest BCUT2D eigenvalue weighted by atomic mass is 9.86. The van der Waals surface area contributed by atoms with Crippen LogP contribution in [0.15, 0.2) is 23.8 Å². The summed E-state index contributed by atoms with van der Waals surface area (Å²) in [6.07, 6.45) is 7.10. The van der Waals surface area contributed by atoms with E-state index in [9.17, 15) is 0 Å². The molecule has 0 bridgehead atoms. The fraction of sp³-hybridized carbons (Fsp3) is 0.556. The fourth-order valence-electron chi connectivity index (χ4n) is 1.20. The maximum Gasteiger partial charge on any atom is 0.0506 e. The number of rotatable bonds is 1. The highest BCUT2D eigenvalue weighted by molar-refractivity contribution is 5.32. The molecule has 0 aromatic heterocycles. The minimum absolute atomic E-state index is 0.0437. The van der Waals surface area contributed by atoms with Crippen molar-refractivity contribution in [2.75, 3.05) is 0 Å². The van der Waals surface area contributed by atoms with Crippen molar-refractivity contribution in [1.29, 1.82) is 0 Å². The van der Waals surface area contributed by atoms with Crippen molar-refractivity contribution >= 4 is 0 Å². The van der Waals surface area contributed by atoms with Gasteiger partial charge in [0.2, 0.25) is 0 Å². The van der Waals surface area contributed by atoms with Gasteiger partial charge in [-0.15, -0.1) is 0 Å². The van der Waals surface area contributed by atoms with Crippen molar-refractivity contribution in [3.05, 3.63) is 23.8 Å². The number of hydrogen-bond donors (Lipinski definition) is 2. The molecule has 0 spiro atoms. The van der Waals surface area contributed by atoms with Gasteiger partial charge in [-0.2, -0.15) is 0 Å². The molecule has 0 radical (unpaired) electrons. The summed E-state index contributed by atoms with van der Waals surface area (Å²) in [6, 6.07) is -0.0437. The monoisotopic (exact) mass is 152 g/mol. The molecule has 2 heteroatoms. The van der Waals surface area contributed by atoms with Crippen molar-refractivity contribution < 1.29 is 0 Å². The summed E-state index contributed by atoms with van der Waals surface area (Å²) in [4.78, 5) is 0. The third-order valence-corrected chi connectivity index (χ3v) is 2.14. The third-order valence-electron chi connectivity index (χ3n) is 2.14. The van der Waals surface area contributed by atoms with Crippen LogP contribution < -0.4 is 11.5 Å². The van der Waals surface area contributed by atoms with Crippen LogP contribution >= 0.6 is 0 Å². The number of allylic oxidation sites excluding steroid dienone is 2. The molecular formula is C9H16N2. The van der Waals surface area contributed by atoms with Crippen molar-refractivity contribution in [2.45, 2.75) is 31.8 Å². The van der Waals surface area contributed by atoms with E-state index in [1.54, 1.807) is 0 Å². The van der Waals surface area contributed by atoms with Crippen LogP contribution in [0.5, 0.6) is 0 Å². The third kappa shape index (κ3) is 1.70. The van der Waals surface area contributed by atoms with Crippen LogP contribution in [0.1, 0.15) is 20.3 Å². The largest absolute Gasteiger partial charge is 0.323 e. The van der Waals surface area contributed by atoms with Gasteiger partial charge in [0.15, 0.2) is 0 Å². The summed E-state index contributed by atoms with van der Waals surface area (Å²) in [5.41, 5.74) is 12.6. The Balaban J connectivity index is 2.84. The zero-order valence-corrected chi connectivity index (χ0v) is 7.17. The summed E-state index contributed by atoms with van der Waals surface area (Å²) < 4.78 is 0. The maximum absolute atomic E-state index is 5.93. The van der Waals surface area contributed by atoms with Gasteiger partial charge in [0.25, 0.3) is 0 Å². The van der Waals surface area contributed by atoms with E-state index < -0.39 is 0 Å². The molecule has 2 unspecified atom stereocenters. The van der Waals surface area contributed by atoms with Crippen LogP contribution in [0, 0.1) is 0 Å². The predicted molar refractivity (Wildman–Crippen MR) is 48.1 cm³/mol. The molecule has 0 saturated heterocycles. The molecule has 1 rings (SSSR count). The van der Waals surface area contributed by atoms with E-state index in [2.05, 4.69) is 19.1 Å². The van der Waals surface area contributed by atoms with Crippen molar-refractivity contribution in [3.63, 3.8) is 0 Å². The molecule has 0 aromatic carbocycles. The number of nitrogens with two attached hydrogens (primary N) is 2. The van der Waals surface area contributed by atoms with Gasteiger partial charge in [0.05, 0.1) is 5.54 Å². The zero-order valence-electron chi connectivity index (χ0n) is 7.17. The summed E-state index contributed by atoms with van der Waals surface area (Å²) in [6.45, 7) is 4.07. The first-order chi connectivity index (χ1) is 5.06. The van der Waals surface area contributed by atoms with E-state index in [1.807, 2.05) is 13.0 Å². The average molecular weight is 152 g/mol. The molecule has 0 heterocycles. The molecule has 0 saturated carbocycles. The Labute approximate surface area is 68.0 Å². The van der Waals surface area contributed by atoms with Crippen LogP contribution in [-0.2, 0) is 0 Å². The maximum atomic E-state index is 5.93. The lowest BCUT2D eigenvalue weighted by Gasteiger charge is -2.29. The van der Waals surface area contributed by atoms with Gasteiger partial charge in [-0.25, -0.2) is 0 Å². The lowest BCUT2D eigenvalue weighted by Crippen LogP contribution is -2.51. The van der Waals surface area contributed by atoms with E-state index >= 15 is 0 Å². The Hall–Kier alpha value is -0.600. The van der Waals surface area contributed by atoms with Crippen LogP contribution in [0.4, 0.5) is 0 Å². The smallest absolute Gasteiger partial charge is 0.0506 e. The first kappa shape index (κ1) is 8.50. The molecule has 62 valence electrons. The molecule has 0 aliphatic heterocycles. The van der Waals surface area contributed by atoms with E-state index in [1.165, 1.54) is 5.57 Å². The first-order valence-corrected chi connectivity index (χ1v) is 4.00. The van der Waals surface area contributed by atoms with Gasteiger partial charge < -0.3 is 11.5 Å². The molecule has 2 nitrogen and oxygen atoms in total. The highest BCUT2D eigenvalue weighted by Gasteiger charge is 2.24. The van der Waals surface area contributed by atoms with E-state index in [4.69, 9.17) is 11.5 Å². The van der Waals surface area contributed by atoms with Gasteiger partial charge in [-0.3, -0.25) is 0 Å².